The highest BCUT2D eigenvalue weighted by atomic mass is 16.5. The average molecular weight is 375 g/mol. The van der Waals surface area contributed by atoms with Gasteiger partial charge >= 0.3 is 0 Å². The van der Waals surface area contributed by atoms with Gasteiger partial charge in [-0.2, -0.15) is 0 Å². The molecule has 4 fully saturated rings. The molecule has 0 aliphatic heterocycles. The second-order valence-corrected chi connectivity index (χ2v) is 10.3. The van der Waals surface area contributed by atoms with Gasteiger partial charge < -0.3 is 9.53 Å². The summed E-state index contributed by atoms with van der Waals surface area (Å²) in [6, 6.07) is 0. The van der Waals surface area contributed by atoms with Crippen LogP contribution in [0.4, 0.5) is 0 Å². The molecule has 3 nitrogen and oxygen atoms in total. The molecule has 0 N–H and O–H groups in total. The van der Waals surface area contributed by atoms with Gasteiger partial charge in [0.2, 0.25) is 0 Å². The van der Waals surface area contributed by atoms with Gasteiger partial charge in [0.1, 0.15) is 12.1 Å². The molecule has 4 saturated carbocycles. The first-order valence-electron chi connectivity index (χ1n) is 11.5. The van der Waals surface area contributed by atoms with E-state index in [9.17, 15) is 9.59 Å². The fourth-order valence-electron chi connectivity index (χ4n) is 8.67. The molecule has 3 heteroatoms. The van der Waals surface area contributed by atoms with Crippen molar-refractivity contribution in [1.82, 2.24) is 0 Å². The van der Waals surface area contributed by atoms with Crippen molar-refractivity contribution in [2.24, 2.45) is 40.4 Å². The number of Topliss-reactive ketones (excluding diaryl/α,β-unsaturated/α-hetero) is 1. The van der Waals surface area contributed by atoms with Gasteiger partial charge in [-0.05, 0) is 87.4 Å². The molecular weight excluding hydrogens is 336 g/mol. The van der Waals surface area contributed by atoms with Crippen LogP contribution in [-0.2, 0) is 14.3 Å². The Morgan fingerprint density at radius 3 is 2.44 bits per heavy atom. The molecule has 0 aromatic carbocycles. The third-order valence-corrected chi connectivity index (χ3v) is 10.0. The summed E-state index contributed by atoms with van der Waals surface area (Å²) in [6.45, 7) is 9.81. The molecule has 0 aromatic rings. The largest absolute Gasteiger partial charge is 0.375 e. The Bertz CT molecular complexity index is 615. The summed E-state index contributed by atoms with van der Waals surface area (Å²) >= 11 is 0. The lowest BCUT2D eigenvalue weighted by Crippen LogP contribution is -2.59. The molecule has 4 aliphatic rings. The van der Waals surface area contributed by atoms with Gasteiger partial charge in [-0.3, -0.25) is 4.79 Å². The Kier molecular flexibility index (Phi) is 4.85. The number of aldehydes is 1. The summed E-state index contributed by atoms with van der Waals surface area (Å²) in [5.74, 6) is 2.54. The third kappa shape index (κ3) is 2.42. The third-order valence-electron chi connectivity index (χ3n) is 10.0. The monoisotopic (exact) mass is 374 g/mol. The smallest absolute Gasteiger partial charge is 0.136 e. The van der Waals surface area contributed by atoms with E-state index in [2.05, 4.69) is 27.7 Å². The zero-order chi connectivity index (χ0) is 19.4. The standard InChI is InChI=1S/C24H38O3/c1-5-24(27-6-2)14-10-19-17-7-8-18-16(3)21(26)11-13-23(18,15-25)20(17)9-12-22(19,24)4/h15-20H,5-14H2,1-4H3/t16?,17-,18?,19-,20+,22-,23+,24?/m0/s1. The zero-order valence-corrected chi connectivity index (χ0v) is 17.8. The van der Waals surface area contributed by atoms with Crippen molar-refractivity contribution >= 4 is 12.1 Å². The molecule has 4 rings (SSSR count). The lowest BCUT2D eigenvalue weighted by molar-refractivity contribution is -0.180. The van der Waals surface area contributed by atoms with Crippen LogP contribution >= 0.6 is 0 Å². The molecule has 0 saturated heterocycles. The second kappa shape index (κ2) is 6.68. The van der Waals surface area contributed by atoms with Crippen LogP contribution in [0, 0.1) is 40.4 Å². The van der Waals surface area contributed by atoms with E-state index in [0.29, 0.717) is 30.0 Å². The van der Waals surface area contributed by atoms with Crippen molar-refractivity contribution in [2.75, 3.05) is 6.61 Å². The highest BCUT2D eigenvalue weighted by Gasteiger charge is 2.66. The van der Waals surface area contributed by atoms with Gasteiger partial charge in [0.25, 0.3) is 0 Å². The number of hydrogen-bond donors (Lipinski definition) is 0. The maximum absolute atomic E-state index is 12.5. The van der Waals surface area contributed by atoms with E-state index in [-0.39, 0.29) is 28.3 Å². The Hall–Kier alpha value is -0.700. The number of ether oxygens (including phenoxy) is 1. The first-order valence-corrected chi connectivity index (χ1v) is 11.5. The number of fused-ring (bicyclic) bond motifs is 5. The summed E-state index contributed by atoms with van der Waals surface area (Å²) < 4.78 is 6.47. The van der Waals surface area contributed by atoms with Crippen LogP contribution in [0.15, 0.2) is 0 Å². The zero-order valence-electron chi connectivity index (χ0n) is 17.8. The maximum atomic E-state index is 12.5. The fraction of sp³-hybridized carbons (Fsp3) is 0.917. The van der Waals surface area contributed by atoms with Gasteiger partial charge in [0.05, 0.1) is 5.60 Å². The average Bonchev–Trinajstić information content (AvgIpc) is 2.97. The van der Waals surface area contributed by atoms with Crippen molar-refractivity contribution in [3.05, 3.63) is 0 Å². The molecule has 3 unspecified atom stereocenters. The number of carbonyl (C=O) groups excluding carboxylic acids is 2. The van der Waals surface area contributed by atoms with Gasteiger partial charge in [-0.25, -0.2) is 0 Å². The summed E-state index contributed by atoms with van der Waals surface area (Å²) in [7, 11) is 0. The summed E-state index contributed by atoms with van der Waals surface area (Å²) in [4.78, 5) is 24.9. The first kappa shape index (κ1) is 19.6. The van der Waals surface area contributed by atoms with Crippen LogP contribution in [0.5, 0.6) is 0 Å². The Morgan fingerprint density at radius 1 is 1.04 bits per heavy atom. The van der Waals surface area contributed by atoms with Crippen molar-refractivity contribution < 1.29 is 14.3 Å². The van der Waals surface area contributed by atoms with Crippen LogP contribution < -0.4 is 0 Å². The maximum Gasteiger partial charge on any atom is 0.136 e. The van der Waals surface area contributed by atoms with E-state index in [1.165, 1.54) is 32.0 Å². The molecule has 152 valence electrons. The predicted octanol–water partition coefficient (Wildman–Crippen LogP) is 5.21. The van der Waals surface area contributed by atoms with Crippen LogP contribution in [-0.4, -0.2) is 24.3 Å². The molecular formula is C24H38O3. The number of carbonyl (C=O) groups is 2. The normalized spacial score (nSPS) is 52.0. The minimum atomic E-state index is -0.235. The van der Waals surface area contributed by atoms with E-state index in [1.54, 1.807) is 0 Å². The lowest BCUT2D eigenvalue weighted by atomic mass is 9.43. The fourth-order valence-corrected chi connectivity index (χ4v) is 8.67. The molecule has 4 aliphatic carbocycles. The summed E-state index contributed by atoms with van der Waals surface area (Å²) in [5, 5.41) is 0. The van der Waals surface area contributed by atoms with E-state index < -0.39 is 0 Å². The number of ketones is 1. The Labute approximate surface area is 165 Å². The van der Waals surface area contributed by atoms with E-state index in [4.69, 9.17) is 4.74 Å². The summed E-state index contributed by atoms with van der Waals surface area (Å²) in [5.41, 5.74) is 0.0327. The van der Waals surface area contributed by atoms with E-state index in [0.717, 1.165) is 32.3 Å². The quantitative estimate of drug-likeness (QED) is 0.635. The molecule has 0 amide bonds. The first-order chi connectivity index (χ1) is 12.9. The van der Waals surface area contributed by atoms with Crippen molar-refractivity contribution in [3.8, 4) is 0 Å². The minimum absolute atomic E-state index is 0.0262. The number of rotatable bonds is 4. The van der Waals surface area contributed by atoms with Gasteiger partial charge in [0.15, 0.2) is 0 Å². The molecule has 0 spiro atoms. The molecule has 0 heterocycles. The molecule has 0 radical (unpaired) electrons. The minimum Gasteiger partial charge on any atom is -0.375 e. The lowest BCUT2D eigenvalue weighted by Gasteiger charge is -2.61. The molecule has 0 aromatic heterocycles. The Balaban J connectivity index is 1.68. The van der Waals surface area contributed by atoms with Crippen molar-refractivity contribution in [2.45, 2.75) is 91.1 Å². The molecule has 8 atom stereocenters. The summed E-state index contributed by atoms with van der Waals surface area (Å²) in [6.07, 6.45) is 10.8. The van der Waals surface area contributed by atoms with Crippen LogP contribution in [0.2, 0.25) is 0 Å². The van der Waals surface area contributed by atoms with Crippen LogP contribution in [0.25, 0.3) is 0 Å². The molecule has 27 heavy (non-hydrogen) atoms. The highest BCUT2D eigenvalue weighted by molar-refractivity contribution is 5.84. The topological polar surface area (TPSA) is 43.4 Å². The van der Waals surface area contributed by atoms with Crippen LogP contribution in [0.3, 0.4) is 0 Å². The van der Waals surface area contributed by atoms with Gasteiger partial charge in [-0.15, -0.1) is 0 Å². The van der Waals surface area contributed by atoms with Crippen molar-refractivity contribution in [3.63, 3.8) is 0 Å². The Morgan fingerprint density at radius 2 is 1.78 bits per heavy atom. The second-order valence-electron chi connectivity index (χ2n) is 10.3. The SMILES string of the molecule is CCOC1(CC)CC[C@H]2[C@@H]3CCC4C(C)C(=O)CC[C@]4(C=O)[C@@H]3CC[C@@]21C. The van der Waals surface area contributed by atoms with Crippen LogP contribution in [0.1, 0.15) is 85.5 Å². The van der Waals surface area contributed by atoms with Gasteiger partial charge in [-0.1, -0.05) is 20.8 Å². The molecule has 0 bridgehead atoms. The van der Waals surface area contributed by atoms with Gasteiger partial charge in [0, 0.05) is 24.4 Å². The van der Waals surface area contributed by atoms with E-state index >= 15 is 0 Å². The van der Waals surface area contributed by atoms with Crippen molar-refractivity contribution in [1.29, 1.82) is 0 Å². The van der Waals surface area contributed by atoms with E-state index in [1.807, 2.05) is 0 Å². The highest BCUT2D eigenvalue weighted by Crippen LogP contribution is 2.69. The predicted molar refractivity (Wildman–Crippen MR) is 106 cm³/mol. The number of hydrogen-bond acceptors (Lipinski definition) is 3.